The van der Waals surface area contributed by atoms with Crippen LogP contribution in [0, 0.1) is 18.2 Å². The van der Waals surface area contributed by atoms with Crippen LogP contribution >= 0.6 is 11.3 Å². The van der Waals surface area contributed by atoms with Crippen LogP contribution < -0.4 is 0 Å². The van der Waals surface area contributed by atoms with Crippen LogP contribution in [-0.2, 0) is 20.1 Å². The van der Waals surface area contributed by atoms with Crippen molar-refractivity contribution in [3.8, 4) is 123 Å². The van der Waals surface area contributed by atoms with Crippen LogP contribution in [0.25, 0.3) is 143 Å². The fourth-order valence-corrected chi connectivity index (χ4v) is 12.2. The summed E-state index contributed by atoms with van der Waals surface area (Å²) < 4.78 is 2.43. The fourth-order valence-electron chi connectivity index (χ4n) is 11.0. The molecule has 0 spiro atoms. The number of rotatable bonds is 11. The van der Waals surface area contributed by atoms with Crippen molar-refractivity contribution in [2.75, 3.05) is 0 Å². The van der Waals surface area contributed by atoms with Gasteiger partial charge in [-0.3, -0.25) is 0 Å². The Morgan fingerprint density at radius 3 is 1.29 bits per heavy atom. The third-order valence-electron chi connectivity index (χ3n) is 14.9. The Morgan fingerprint density at radius 2 is 0.738 bits per heavy atom. The number of hydrogen-bond donors (Lipinski definition) is 0. The molecule has 4 aromatic heterocycles. The molecule has 80 heavy (non-hydrogen) atoms. The summed E-state index contributed by atoms with van der Waals surface area (Å²) in [7, 11) is 0. The van der Waals surface area contributed by atoms with Crippen molar-refractivity contribution in [3.05, 3.63) is 298 Å². The van der Waals surface area contributed by atoms with Gasteiger partial charge in [0.2, 0.25) is 0 Å². The first-order valence-corrected chi connectivity index (χ1v) is 27.3. The molecule has 0 unspecified atom stereocenters. The summed E-state index contributed by atoms with van der Waals surface area (Å²) in [5.74, 6) is 0. The molecule has 0 saturated carbocycles. The Hall–Kier alpha value is -9.48. The summed E-state index contributed by atoms with van der Waals surface area (Å²) in [6.07, 6.45) is 6.05. The molecule has 376 valence electrons. The molecule has 0 aliphatic heterocycles. The van der Waals surface area contributed by atoms with E-state index in [1.54, 1.807) is 11.3 Å². The quantitative estimate of drug-likeness (QED) is 0.121. The van der Waals surface area contributed by atoms with Gasteiger partial charge in [0, 0.05) is 28.9 Å². The molecule has 0 atom stereocenters. The first-order valence-electron chi connectivity index (χ1n) is 26.5. The van der Waals surface area contributed by atoms with Gasteiger partial charge < -0.3 is 15.0 Å². The fraction of sp³-hybridized carbons (Fsp3) is 0. The Kier molecular flexibility index (Phi) is 13.8. The van der Waals surface area contributed by atoms with E-state index in [-0.39, 0.29) is 20.1 Å². The molecule has 14 aromatic rings. The second-order valence-electron chi connectivity index (χ2n) is 19.6. The van der Waals surface area contributed by atoms with E-state index in [9.17, 15) is 0 Å². The van der Waals surface area contributed by atoms with E-state index in [1.165, 1.54) is 25.7 Å². The molecular weight excluding hydrogens is 1170 g/mol. The standard InChI is InChI=1S/C75H46N3S.Ir/c1-4-19-50(20-5-1)51-35-37-52(38-36-51)69-46-73(68-33-18-32-67-66-31-16-17-34-74(66)79-75(67)68)78-49-70(69)65-30-15-14-29-64(65)59-44-57(62-27-12-10-25-60(62)55-39-41-71(76-47-55)53-21-6-2-7-22-53)43-58(45-59)63-28-13-11-26-61(63)56-40-42-72(77-48-56)54-23-8-3-9-24-54;/h1-21,23,25-32,34-49H;/q-3;+3. The molecule has 10 aromatic carbocycles. The Labute approximate surface area is 483 Å². The zero-order chi connectivity index (χ0) is 52.5. The van der Waals surface area contributed by atoms with E-state index in [1.807, 2.05) is 67.0 Å². The van der Waals surface area contributed by atoms with Gasteiger partial charge >= 0.3 is 20.1 Å². The van der Waals surface area contributed by atoms with Crippen LogP contribution in [0.4, 0.5) is 0 Å². The molecule has 0 N–H and O–H groups in total. The minimum atomic E-state index is 0. The Bertz CT molecular complexity index is 4360. The van der Waals surface area contributed by atoms with Crippen molar-refractivity contribution in [2.24, 2.45) is 0 Å². The van der Waals surface area contributed by atoms with Gasteiger partial charge in [0.25, 0.3) is 0 Å². The second kappa shape index (κ2) is 22.1. The van der Waals surface area contributed by atoms with Crippen molar-refractivity contribution < 1.29 is 20.1 Å². The monoisotopic (exact) mass is 1210 g/mol. The summed E-state index contributed by atoms with van der Waals surface area (Å²) >= 11 is 1.80. The van der Waals surface area contributed by atoms with Crippen molar-refractivity contribution in [2.45, 2.75) is 0 Å². The molecule has 5 heteroatoms. The molecule has 0 aliphatic carbocycles. The van der Waals surface area contributed by atoms with E-state index in [0.29, 0.717) is 0 Å². The zero-order valence-corrected chi connectivity index (χ0v) is 46.4. The number of hydrogen-bond acceptors (Lipinski definition) is 4. The number of thiophene rings is 1. The third kappa shape index (κ3) is 9.69. The molecule has 0 bridgehead atoms. The van der Waals surface area contributed by atoms with Crippen LogP contribution in [0.1, 0.15) is 0 Å². The maximum absolute atomic E-state index is 5.36. The van der Waals surface area contributed by atoms with Gasteiger partial charge in [-0.05, 0) is 135 Å². The van der Waals surface area contributed by atoms with Gasteiger partial charge in [-0.15, -0.1) is 95.6 Å². The number of pyridine rings is 3. The maximum Gasteiger partial charge on any atom is 3.00 e. The first-order chi connectivity index (χ1) is 39.2. The molecule has 14 rings (SSSR count). The summed E-state index contributed by atoms with van der Waals surface area (Å²) in [5.41, 5.74) is 23.0. The van der Waals surface area contributed by atoms with Crippen LogP contribution in [-0.4, -0.2) is 15.0 Å². The average Bonchev–Trinajstić information content (AvgIpc) is 4.00. The van der Waals surface area contributed by atoms with Crippen molar-refractivity contribution in [3.63, 3.8) is 0 Å². The summed E-state index contributed by atoms with van der Waals surface area (Å²) in [6.45, 7) is 0. The SMILES string of the molecule is [Ir+3].[c-]1ccccc1-c1ccc(-c2ccccc2-c2cc(-c3ccccc3-c3ccc(-c4[c-]cccc4)nc3)cc(-c3ccccc3-c3cnc(-c4[c-]ccc5c4sc4ccccc45)cc3-c3ccc(-c4ccccc4)cc3)c2)cn1. The molecule has 0 radical (unpaired) electrons. The smallest absolute Gasteiger partial charge is 0.304 e. The van der Waals surface area contributed by atoms with Crippen molar-refractivity contribution >= 4 is 31.5 Å². The van der Waals surface area contributed by atoms with Gasteiger partial charge in [-0.25, -0.2) is 0 Å². The maximum atomic E-state index is 5.36. The van der Waals surface area contributed by atoms with E-state index in [2.05, 4.69) is 231 Å². The van der Waals surface area contributed by atoms with Gasteiger partial charge in [0.05, 0.1) is 0 Å². The third-order valence-corrected chi connectivity index (χ3v) is 16.1. The topological polar surface area (TPSA) is 38.7 Å². The largest absolute Gasteiger partial charge is 3.00 e. The number of nitrogens with zero attached hydrogens (tertiary/aromatic N) is 3. The number of fused-ring (bicyclic) bond motifs is 3. The average molecular weight is 1210 g/mol. The van der Waals surface area contributed by atoms with E-state index >= 15 is 0 Å². The minimum Gasteiger partial charge on any atom is -0.304 e. The Balaban J connectivity index is 0.00000605. The molecule has 0 saturated heterocycles. The molecular formula is C75H46IrN3S. The molecule has 4 heterocycles. The van der Waals surface area contributed by atoms with Crippen LogP contribution in [0.2, 0.25) is 0 Å². The van der Waals surface area contributed by atoms with Gasteiger partial charge in [-0.2, -0.15) is 11.3 Å². The van der Waals surface area contributed by atoms with Crippen LogP contribution in [0.15, 0.2) is 279 Å². The van der Waals surface area contributed by atoms with Crippen LogP contribution in [0.3, 0.4) is 0 Å². The van der Waals surface area contributed by atoms with Crippen LogP contribution in [0.5, 0.6) is 0 Å². The van der Waals surface area contributed by atoms with Gasteiger partial charge in [-0.1, -0.05) is 181 Å². The molecule has 0 fully saturated rings. The predicted molar refractivity (Wildman–Crippen MR) is 329 cm³/mol. The summed E-state index contributed by atoms with van der Waals surface area (Å²) in [5, 5.41) is 2.47. The van der Waals surface area contributed by atoms with Gasteiger partial charge in [0.1, 0.15) is 0 Å². The van der Waals surface area contributed by atoms with Crippen molar-refractivity contribution in [1.82, 2.24) is 15.0 Å². The normalized spacial score (nSPS) is 11.2. The van der Waals surface area contributed by atoms with E-state index < -0.39 is 0 Å². The van der Waals surface area contributed by atoms with Crippen molar-refractivity contribution in [1.29, 1.82) is 0 Å². The van der Waals surface area contributed by atoms with Gasteiger partial charge in [0.15, 0.2) is 0 Å². The predicted octanol–water partition coefficient (Wildman–Crippen LogP) is 20.0. The Morgan fingerprint density at radius 1 is 0.275 bits per heavy atom. The number of benzene rings is 10. The second-order valence-corrected chi connectivity index (χ2v) is 20.7. The first kappa shape index (κ1) is 50.1. The molecule has 3 nitrogen and oxygen atoms in total. The minimum absolute atomic E-state index is 0. The van der Waals surface area contributed by atoms with E-state index in [0.717, 1.165) is 117 Å². The number of aromatic nitrogens is 3. The summed E-state index contributed by atoms with van der Waals surface area (Å²) in [6, 6.07) is 103. The van der Waals surface area contributed by atoms with E-state index in [4.69, 9.17) is 15.0 Å². The summed E-state index contributed by atoms with van der Waals surface area (Å²) in [4.78, 5) is 15.3. The molecule has 0 aliphatic rings. The molecule has 0 amide bonds. The zero-order valence-electron chi connectivity index (χ0n) is 43.1.